The molecule has 0 radical (unpaired) electrons. The molecule has 1 aliphatic carbocycles. The quantitative estimate of drug-likeness (QED) is 0.856. The Morgan fingerprint density at radius 3 is 2.87 bits per heavy atom. The molecule has 1 saturated carbocycles. The van der Waals surface area contributed by atoms with Crippen molar-refractivity contribution in [1.29, 1.82) is 0 Å². The SMILES string of the molecule is C[C@H]1CCCC[C@@H]1NC(=O)CSc1ncn(-c2ccccc2)n1. The summed E-state index contributed by atoms with van der Waals surface area (Å²) in [7, 11) is 0. The maximum atomic E-state index is 12.1. The van der Waals surface area contributed by atoms with Gasteiger partial charge in [0.25, 0.3) is 0 Å². The van der Waals surface area contributed by atoms with Gasteiger partial charge in [-0.3, -0.25) is 4.79 Å². The van der Waals surface area contributed by atoms with E-state index in [-0.39, 0.29) is 5.91 Å². The summed E-state index contributed by atoms with van der Waals surface area (Å²) in [6.07, 6.45) is 6.48. The van der Waals surface area contributed by atoms with Crippen LogP contribution < -0.4 is 5.32 Å². The fourth-order valence-corrected chi connectivity index (χ4v) is 3.54. The lowest BCUT2D eigenvalue weighted by molar-refractivity contribution is -0.119. The van der Waals surface area contributed by atoms with Crippen LogP contribution in [0.3, 0.4) is 0 Å². The summed E-state index contributed by atoms with van der Waals surface area (Å²) in [6.45, 7) is 2.22. The molecule has 6 heteroatoms. The lowest BCUT2D eigenvalue weighted by atomic mass is 9.86. The highest BCUT2D eigenvalue weighted by atomic mass is 32.2. The summed E-state index contributed by atoms with van der Waals surface area (Å²) in [5.74, 6) is 1.01. The molecule has 0 aliphatic heterocycles. The maximum Gasteiger partial charge on any atom is 0.230 e. The van der Waals surface area contributed by atoms with Gasteiger partial charge in [0.15, 0.2) is 0 Å². The van der Waals surface area contributed by atoms with E-state index in [1.54, 1.807) is 11.0 Å². The van der Waals surface area contributed by atoms with Gasteiger partial charge in [-0.1, -0.05) is 49.7 Å². The monoisotopic (exact) mass is 330 g/mol. The Kier molecular flexibility index (Phi) is 5.33. The van der Waals surface area contributed by atoms with Crippen molar-refractivity contribution in [2.45, 2.75) is 43.8 Å². The van der Waals surface area contributed by atoms with Crippen molar-refractivity contribution in [1.82, 2.24) is 20.1 Å². The first-order valence-corrected chi connectivity index (χ1v) is 9.10. The van der Waals surface area contributed by atoms with Crippen molar-refractivity contribution in [2.24, 2.45) is 5.92 Å². The number of hydrogen-bond acceptors (Lipinski definition) is 4. The van der Waals surface area contributed by atoms with E-state index >= 15 is 0 Å². The van der Waals surface area contributed by atoms with Gasteiger partial charge in [-0.15, -0.1) is 5.10 Å². The zero-order valence-corrected chi connectivity index (χ0v) is 14.1. The van der Waals surface area contributed by atoms with Gasteiger partial charge in [0.05, 0.1) is 11.4 Å². The van der Waals surface area contributed by atoms with Crippen LogP contribution in [0.5, 0.6) is 0 Å². The number of para-hydroxylation sites is 1. The summed E-state index contributed by atoms with van der Waals surface area (Å²) in [6, 6.07) is 10.2. The molecule has 122 valence electrons. The van der Waals surface area contributed by atoms with Crippen molar-refractivity contribution >= 4 is 17.7 Å². The van der Waals surface area contributed by atoms with E-state index < -0.39 is 0 Å². The average molecular weight is 330 g/mol. The number of carbonyl (C=O) groups excluding carboxylic acids is 1. The molecule has 2 atom stereocenters. The number of nitrogens with zero attached hydrogens (tertiary/aromatic N) is 3. The topological polar surface area (TPSA) is 59.8 Å². The van der Waals surface area contributed by atoms with Gasteiger partial charge in [-0.05, 0) is 30.9 Å². The molecule has 3 rings (SSSR count). The number of benzene rings is 1. The molecule has 2 aromatic rings. The molecule has 0 unspecified atom stereocenters. The Balaban J connectivity index is 1.50. The molecule has 1 aromatic carbocycles. The van der Waals surface area contributed by atoms with Crippen molar-refractivity contribution in [3.05, 3.63) is 36.7 Å². The number of amides is 1. The normalized spacial score (nSPS) is 21.1. The third-order valence-corrected chi connectivity index (χ3v) is 5.13. The molecule has 1 aromatic heterocycles. The fourth-order valence-electron chi connectivity index (χ4n) is 2.93. The molecule has 1 N–H and O–H groups in total. The van der Waals surface area contributed by atoms with Crippen LogP contribution in [0.1, 0.15) is 32.6 Å². The van der Waals surface area contributed by atoms with Crippen LogP contribution in [0.4, 0.5) is 0 Å². The van der Waals surface area contributed by atoms with E-state index in [0.29, 0.717) is 22.9 Å². The first-order chi connectivity index (χ1) is 11.2. The number of aromatic nitrogens is 3. The van der Waals surface area contributed by atoms with E-state index in [0.717, 1.165) is 12.1 Å². The van der Waals surface area contributed by atoms with E-state index in [2.05, 4.69) is 22.3 Å². The lowest BCUT2D eigenvalue weighted by Crippen LogP contribution is -2.41. The van der Waals surface area contributed by atoms with Crippen molar-refractivity contribution in [2.75, 3.05) is 5.75 Å². The Hall–Kier alpha value is -1.82. The van der Waals surface area contributed by atoms with E-state index in [9.17, 15) is 4.79 Å². The zero-order valence-electron chi connectivity index (χ0n) is 13.3. The maximum absolute atomic E-state index is 12.1. The highest BCUT2D eigenvalue weighted by molar-refractivity contribution is 7.99. The lowest BCUT2D eigenvalue weighted by Gasteiger charge is -2.29. The Bertz CT molecular complexity index is 643. The van der Waals surface area contributed by atoms with E-state index in [4.69, 9.17) is 0 Å². The minimum Gasteiger partial charge on any atom is -0.352 e. The standard InChI is InChI=1S/C17H22N4OS/c1-13-7-5-6-10-15(13)19-16(22)11-23-17-18-12-21(20-17)14-8-3-2-4-9-14/h2-4,8-9,12-13,15H,5-7,10-11H2,1H3,(H,19,22)/t13-,15-/m0/s1. The smallest absolute Gasteiger partial charge is 0.230 e. The van der Waals surface area contributed by atoms with Gasteiger partial charge in [-0.25, -0.2) is 9.67 Å². The second-order valence-electron chi connectivity index (χ2n) is 6.03. The molecule has 1 aliphatic rings. The van der Waals surface area contributed by atoms with Crippen LogP contribution in [0.2, 0.25) is 0 Å². The third kappa shape index (κ3) is 4.34. The second-order valence-corrected chi connectivity index (χ2v) is 6.97. The number of hydrogen-bond donors (Lipinski definition) is 1. The molecular formula is C17H22N4OS. The van der Waals surface area contributed by atoms with Crippen LogP contribution in [0, 0.1) is 5.92 Å². The van der Waals surface area contributed by atoms with Crippen molar-refractivity contribution < 1.29 is 4.79 Å². The number of rotatable bonds is 5. The molecular weight excluding hydrogens is 308 g/mol. The van der Waals surface area contributed by atoms with Crippen LogP contribution in [0.15, 0.2) is 41.8 Å². The van der Waals surface area contributed by atoms with Crippen LogP contribution in [-0.4, -0.2) is 32.5 Å². The molecule has 1 amide bonds. The van der Waals surface area contributed by atoms with Crippen LogP contribution in [0.25, 0.3) is 5.69 Å². The molecule has 1 heterocycles. The van der Waals surface area contributed by atoms with E-state index in [1.807, 2.05) is 30.3 Å². The Labute approximate surface area is 140 Å². The highest BCUT2D eigenvalue weighted by Crippen LogP contribution is 2.24. The Morgan fingerprint density at radius 2 is 2.09 bits per heavy atom. The summed E-state index contributed by atoms with van der Waals surface area (Å²) in [5, 5.41) is 8.18. The predicted octanol–water partition coefficient (Wildman–Crippen LogP) is 3.05. The molecule has 5 nitrogen and oxygen atoms in total. The van der Waals surface area contributed by atoms with Gasteiger partial charge in [0.2, 0.25) is 11.1 Å². The minimum absolute atomic E-state index is 0.0739. The molecule has 0 spiro atoms. The van der Waals surface area contributed by atoms with Crippen LogP contribution in [-0.2, 0) is 4.79 Å². The minimum atomic E-state index is 0.0739. The Morgan fingerprint density at radius 1 is 1.30 bits per heavy atom. The molecule has 1 fully saturated rings. The number of thioether (sulfide) groups is 1. The third-order valence-electron chi connectivity index (χ3n) is 4.28. The van der Waals surface area contributed by atoms with Crippen molar-refractivity contribution in [3.63, 3.8) is 0 Å². The summed E-state index contributed by atoms with van der Waals surface area (Å²) in [5.41, 5.74) is 0.965. The molecule has 0 bridgehead atoms. The average Bonchev–Trinajstić information content (AvgIpc) is 3.05. The van der Waals surface area contributed by atoms with E-state index in [1.165, 1.54) is 31.0 Å². The predicted molar refractivity (Wildman–Crippen MR) is 91.6 cm³/mol. The van der Waals surface area contributed by atoms with Gasteiger partial charge in [0, 0.05) is 6.04 Å². The summed E-state index contributed by atoms with van der Waals surface area (Å²) < 4.78 is 1.73. The number of carbonyl (C=O) groups is 1. The van der Waals surface area contributed by atoms with Crippen molar-refractivity contribution in [3.8, 4) is 5.69 Å². The van der Waals surface area contributed by atoms with Crippen LogP contribution >= 0.6 is 11.8 Å². The van der Waals surface area contributed by atoms with Gasteiger partial charge >= 0.3 is 0 Å². The largest absolute Gasteiger partial charge is 0.352 e. The number of nitrogens with one attached hydrogen (secondary N) is 1. The molecule has 23 heavy (non-hydrogen) atoms. The second kappa shape index (κ2) is 7.64. The summed E-state index contributed by atoms with van der Waals surface area (Å²) >= 11 is 1.38. The first kappa shape index (κ1) is 16.1. The fraction of sp³-hybridized carbons (Fsp3) is 0.471. The molecule has 0 saturated heterocycles. The van der Waals surface area contributed by atoms with Gasteiger partial charge < -0.3 is 5.32 Å². The first-order valence-electron chi connectivity index (χ1n) is 8.11. The zero-order chi connectivity index (χ0) is 16.1. The summed E-state index contributed by atoms with van der Waals surface area (Å²) in [4.78, 5) is 16.4. The van der Waals surface area contributed by atoms with Gasteiger partial charge in [0.1, 0.15) is 6.33 Å². The van der Waals surface area contributed by atoms with Gasteiger partial charge in [-0.2, -0.15) is 0 Å². The highest BCUT2D eigenvalue weighted by Gasteiger charge is 2.22.